The van der Waals surface area contributed by atoms with Crippen molar-refractivity contribution in [1.29, 1.82) is 0 Å². The molecule has 1 aromatic heterocycles. The van der Waals surface area contributed by atoms with E-state index in [4.69, 9.17) is 10.5 Å². The van der Waals surface area contributed by atoms with Crippen LogP contribution in [0.3, 0.4) is 0 Å². The summed E-state index contributed by atoms with van der Waals surface area (Å²) in [5.74, 6) is 0.527. The van der Waals surface area contributed by atoms with Crippen molar-refractivity contribution in [2.45, 2.75) is 45.4 Å². The van der Waals surface area contributed by atoms with Gasteiger partial charge in [0.25, 0.3) is 0 Å². The molecule has 2 aliphatic rings. The van der Waals surface area contributed by atoms with E-state index in [0.29, 0.717) is 12.0 Å². The molecule has 2 fully saturated rings. The molecule has 1 saturated carbocycles. The summed E-state index contributed by atoms with van der Waals surface area (Å²) in [6, 6.07) is 2.17. The zero-order valence-corrected chi connectivity index (χ0v) is 12.8. The fraction of sp³-hybridized carbons (Fsp3) is 0.733. The second kappa shape index (κ2) is 4.55. The van der Waals surface area contributed by atoms with Crippen LogP contribution in [0, 0.1) is 18.3 Å². The number of hydrogen-bond acceptors (Lipinski definition) is 4. The second-order valence-electron chi connectivity index (χ2n) is 6.58. The Morgan fingerprint density at radius 2 is 2.32 bits per heavy atom. The van der Waals surface area contributed by atoms with Crippen LogP contribution in [0.1, 0.15) is 30.7 Å². The molecule has 0 radical (unpaired) electrons. The van der Waals surface area contributed by atoms with Gasteiger partial charge in [-0.2, -0.15) is 0 Å². The van der Waals surface area contributed by atoms with Gasteiger partial charge in [-0.1, -0.05) is 13.8 Å². The van der Waals surface area contributed by atoms with E-state index in [9.17, 15) is 0 Å². The third-order valence-electron chi connectivity index (χ3n) is 5.34. The van der Waals surface area contributed by atoms with Crippen molar-refractivity contribution in [2.24, 2.45) is 17.1 Å². The fourth-order valence-corrected chi connectivity index (χ4v) is 4.68. The molecule has 4 heteroatoms. The van der Waals surface area contributed by atoms with Gasteiger partial charge in [0.1, 0.15) is 0 Å². The summed E-state index contributed by atoms with van der Waals surface area (Å²) in [7, 11) is 0. The molecule has 106 valence electrons. The summed E-state index contributed by atoms with van der Waals surface area (Å²) in [6.45, 7) is 9.34. The highest BCUT2D eigenvalue weighted by molar-refractivity contribution is 7.10. The van der Waals surface area contributed by atoms with E-state index in [1.54, 1.807) is 0 Å². The van der Waals surface area contributed by atoms with Gasteiger partial charge in [0.15, 0.2) is 0 Å². The highest BCUT2D eigenvalue weighted by Gasteiger charge is 2.67. The van der Waals surface area contributed by atoms with Crippen molar-refractivity contribution >= 4 is 11.3 Å². The second-order valence-corrected chi connectivity index (χ2v) is 7.58. The summed E-state index contributed by atoms with van der Waals surface area (Å²) >= 11 is 1.82. The first-order valence-corrected chi connectivity index (χ1v) is 7.99. The molecule has 3 unspecified atom stereocenters. The predicted octanol–water partition coefficient (Wildman–Crippen LogP) is 2.29. The van der Waals surface area contributed by atoms with Crippen LogP contribution in [0.15, 0.2) is 11.4 Å². The highest BCUT2D eigenvalue weighted by Crippen LogP contribution is 2.57. The van der Waals surface area contributed by atoms with Crippen LogP contribution in [-0.2, 0) is 11.3 Å². The molecule has 1 aromatic rings. The average molecular weight is 280 g/mol. The summed E-state index contributed by atoms with van der Waals surface area (Å²) in [5, 5.41) is 5.72. The average Bonchev–Trinajstić information content (AvgIpc) is 2.97. The van der Waals surface area contributed by atoms with E-state index in [-0.39, 0.29) is 11.0 Å². The monoisotopic (exact) mass is 280 g/mol. The SMILES string of the molecule is Cc1ccsc1CNCC1(N)C2CCOC2C1(C)C. The lowest BCUT2D eigenvalue weighted by Gasteiger charge is -2.62. The van der Waals surface area contributed by atoms with Crippen molar-refractivity contribution in [2.75, 3.05) is 13.2 Å². The maximum Gasteiger partial charge on any atom is 0.0691 e. The Hall–Kier alpha value is -0.420. The Labute approximate surface area is 119 Å². The molecule has 1 aliphatic heterocycles. The number of nitrogens with one attached hydrogen (secondary N) is 1. The molecule has 3 rings (SSSR count). The van der Waals surface area contributed by atoms with Crippen LogP contribution in [0.25, 0.3) is 0 Å². The molecule has 3 atom stereocenters. The Balaban J connectivity index is 1.62. The van der Waals surface area contributed by atoms with E-state index in [1.807, 2.05) is 11.3 Å². The predicted molar refractivity (Wildman–Crippen MR) is 79.3 cm³/mol. The number of aryl methyl sites for hydroxylation is 1. The minimum absolute atomic E-state index is 0.0751. The zero-order chi connectivity index (χ0) is 13.7. The molecule has 3 N–H and O–H groups in total. The van der Waals surface area contributed by atoms with Crippen LogP contribution in [0.5, 0.6) is 0 Å². The van der Waals surface area contributed by atoms with Crippen LogP contribution in [0.2, 0.25) is 0 Å². The number of rotatable bonds is 4. The van der Waals surface area contributed by atoms with Crippen LogP contribution in [0.4, 0.5) is 0 Å². The Morgan fingerprint density at radius 3 is 3.00 bits per heavy atom. The Bertz CT molecular complexity index is 470. The molecule has 0 aromatic carbocycles. The first-order chi connectivity index (χ1) is 8.97. The number of hydrogen-bond donors (Lipinski definition) is 2. The van der Waals surface area contributed by atoms with E-state index in [2.05, 4.69) is 37.5 Å². The van der Waals surface area contributed by atoms with Crippen molar-refractivity contribution in [3.05, 3.63) is 21.9 Å². The van der Waals surface area contributed by atoms with Gasteiger partial charge < -0.3 is 15.8 Å². The van der Waals surface area contributed by atoms with Gasteiger partial charge in [-0.05, 0) is 30.4 Å². The van der Waals surface area contributed by atoms with Crippen LogP contribution in [-0.4, -0.2) is 24.8 Å². The smallest absolute Gasteiger partial charge is 0.0691 e. The number of nitrogens with two attached hydrogens (primary N) is 1. The van der Waals surface area contributed by atoms with Crippen molar-refractivity contribution in [3.8, 4) is 0 Å². The van der Waals surface area contributed by atoms with Gasteiger partial charge in [-0.25, -0.2) is 0 Å². The normalized spacial score (nSPS) is 36.0. The van der Waals surface area contributed by atoms with Gasteiger partial charge >= 0.3 is 0 Å². The van der Waals surface area contributed by atoms with Gasteiger partial charge in [0.05, 0.1) is 6.10 Å². The van der Waals surface area contributed by atoms with Crippen molar-refractivity contribution in [1.82, 2.24) is 5.32 Å². The van der Waals surface area contributed by atoms with E-state index < -0.39 is 0 Å². The van der Waals surface area contributed by atoms with E-state index in [0.717, 1.165) is 26.1 Å². The molecule has 19 heavy (non-hydrogen) atoms. The van der Waals surface area contributed by atoms with E-state index in [1.165, 1.54) is 10.4 Å². The minimum Gasteiger partial charge on any atom is -0.377 e. The Morgan fingerprint density at radius 1 is 1.53 bits per heavy atom. The first-order valence-electron chi connectivity index (χ1n) is 7.11. The third kappa shape index (κ3) is 1.88. The quantitative estimate of drug-likeness (QED) is 0.889. The molecule has 0 spiro atoms. The number of thiophene rings is 1. The summed E-state index contributed by atoms with van der Waals surface area (Å²) in [6.07, 6.45) is 1.48. The van der Waals surface area contributed by atoms with Crippen molar-refractivity contribution in [3.63, 3.8) is 0 Å². The van der Waals surface area contributed by atoms with Gasteiger partial charge in [0, 0.05) is 41.4 Å². The summed E-state index contributed by atoms with van der Waals surface area (Å²) in [4.78, 5) is 1.42. The Kier molecular flexibility index (Phi) is 3.25. The molecular weight excluding hydrogens is 256 g/mol. The molecular formula is C15H24N2OS. The van der Waals surface area contributed by atoms with Crippen LogP contribution >= 0.6 is 11.3 Å². The lowest BCUT2D eigenvalue weighted by Crippen LogP contribution is -2.77. The molecule has 1 aliphatic carbocycles. The standard InChI is InChI=1S/C15H24N2OS/c1-10-5-7-19-12(10)8-17-9-15(16)11-4-6-18-13(11)14(15,2)3/h5,7,11,13,17H,4,6,8-9,16H2,1-3H3. The number of ether oxygens (including phenoxy) is 1. The summed E-state index contributed by atoms with van der Waals surface area (Å²) in [5.41, 5.74) is 8.03. The van der Waals surface area contributed by atoms with Crippen molar-refractivity contribution < 1.29 is 4.74 Å². The van der Waals surface area contributed by atoms with Crippen LogP contribution < -0.4 is 11.1 Å². The maximum absolute atomic E-state index is 6.70. The molecule has 0 bridgehead atoms. The summed E-state index contributed by atoms with van der Waals surface area (Å²) < 4.78 is 5.83. The topological polar surface area (TPSA) is 47.3 Å². The lowest BCUT2D eigenvalue weighted by molar-refractivity contribution is -0.153. The fourth-order valence-electron chi connectivity index (χ4n) is 3.80. The molecule has 0 amide bonds. The highest BCUT2D eigenvalue weighted by atomic mass is 32.1. The number of fused-ring (bicyclic) bond motifs is 1. The lowest BCUT2D eigenvalue weighted by atomic mass is 9.48. The van der Waals surface area contributed by atoms with E-state index >= 15 is 0 Å². The molecule has 1 saturated heterocycles. The first kappa shape index (κ1) is 13.6. The van der Waals surface area contributed by atoms with Gasteiger partial charge in [0.2, 0.25) is 0 Å². The molecule has 2 heterocycles. The van der Waals surface area contributed by atoms with Gasteiger partial charge in [-0.15, -0.1) is 11.3 Å². The van der Waals surface area contributed by atoms with Gasteiger partial charge in [-0.3, -0.25) is 0 Å². The zero-order valence-electron chi connectivity index (χ0n) is 12.0. The third-order valence-corrected chi connectivity index (χ3v) is 6.36. The largest absolute Gasteiger partial charge is 0.377 e. The minimum atomic E-state index is -0.126. The molecule has 3 nitrogen and oxygen atoms in total. The maximum atomic E-state index is 6.70.